The van der Waals surface area contributed by atoms with E-state index in [1.807, 2.05) is 23.1 Å². The van der Waals surface area contributed by atoms with E-state index in [2.05, 4.69) is 44.0 Å². The molecule has 0 bridgehead atoms. The Hall–Kier alpha value is -1.92. The highest BCUT2D eigenvalue weighted by Crippen LogP contribution is 2.26. The van der Waals surface area contributed by atoms with Crippen LogP contribution in [0.3, 0.4) is 0 Å². The first-order valence-corrected chi connectivity index (χ1v) is 9.34. The minimum absolute atomic E-state index is 0.0752. The highest BCUT2D eigenvalue weighted by atomic mass is 79.9. The van der Waals surface area contributed by atoms with E-state index in [1.54, 1.807) is 6.20 Å². The van der Waals surface area contributed by atoms with Gasteiger partial charge < -0.3 is 14.5 Å². The standard InChI is InChI=1S/C19H20BrN3O2/c20-16-6-3-8-21-18(16)22-10-11-25-17(13-22)19(24)23-9-7-14-4-1-2-5-15(14)12-23/h1-6,8,17H,7,9-13H2. The van der Waals surface area contributed by atoms with E-state index < -0.39 is 6.10 Å². The maximum atomic E-state index is 13.0. The van der Waals surface area contributed by atoms with Gasteiger partial charge in [-0.3, -0.25) is 4.79 Å². The lowest BCUT2D eigenvalue weighted by atomic mass is 9.99. The molecule has 1 atom stereocenters. The monoisotopic (exact) mass is 401 g/mol. The summed E-state index contributed by atoms with van der Waals surface area (Å²) in [6.45, 7) is 3.23. The Balaban J connectivity index is 1.47. The van der Waals surface area contributed by atoms with E-state index >= 15 is 0 Å². The molecule has 0 spiro atoms. The van der Waals surface area contributed by atoms with E-state index in [1.165, 1.54) is 11.1 Å². The summed E-state index contributed by atoms with van der Waals surface area (Å²) in [6, 6.07) is 12.2. The number of morpholine rings is 1. The van der Waals surface area contributed by atoms with E-state index in [-0.39, 0.29) is 5.91 Å². The summed E-state index contributed by atoms with van der Waals surface area (Å²) in [7, 11) is 0. The highest BCUT2D eigenvalue weighted by molar-refractivity contribution is 9.10. The van der Waals surface area contributed by atoms with Crippen LogP contribution in [0.1, 0.15) is 11.1 Å². The Morgan fingerprint density at radius 3 is 2.84 bits per heavy atom. The lowest BCUT2D eigenvalue weighted by molar-refractivity contribution is -0.145. The van der Waals surface area contributed by atoms with Crippen molar-refractivity contribution in [2.45, 2.75) is 19.1 Å². The van der Waals surface area contributed by atoms with E-state index in [0.717, 1.165) is 29.8 Å². The highest BCUT2D eigenvalue weighted by Gasteiger charge is 2.32. The maximum absolute atomic E-state index is 13.0. The second-order valence-electron chi connectivity index (χ2n) is 6.39. The van der Waals surface area contributed by atoms with Crippen molar-refractivity contribution in [3.05, 3.63) is 58.2 Å². The summed E-state index contributed by atoms with van der Waals surface area (Å²) in [4.78, 5) is 21.4. The molecule has 1 amide bonds. The molecule has 0 saturated carbocycles. The smallest absolute Gasteiger partial charge is 0.253 e. The van der Waals surface area contributed by atoms with Gasteiger partial charge in [0.2, 0.25) is 0 Å². The van der Waals surface area contributed by atoms with Gasteiger partial charge in [0.25, 0.3) is 5.91 Å². The lowest BCUT2D eigenvalue weighted by Crippen LogP contribution is -2.52. The Morgan fingerprint density at radius 2 is 2.00 bits per heavy atom. The molecule has 0 radical (unpaired) electrons. The first kappa shape index (κ1) is 16.5. The number of hydrogen-bond acceptors (Lipinski definition) is 4. The molecule has 1 aromatic carbocycles. The number of amides is 1. The molecule has 5 nitrogen and oxygen atoms in total. The zero-order valence-electron chi connectivity index (χ0n) is 13.9. The third kappa shape index (κ3) is 3.41. The first-order chi connectivity index (χ1) is 12.2. The van der Waals surface area contributed by atoms with Gasteiger partial charge in [0, 0.05) is 25.8 Å². The number of pyridine rings is 1. The van der Waals surface area contributed by atoms with Crippen molar-refractivity contribution in [1.82, 2.24) is 9.88 Å². The molecule has 1 unspecified atom stereocenters. The number of nitrogens with zero attached hydrogens (tertiary/aromatic N) is 3. The Morgan fingerprint density at radius 1 is 1.16 bits per heavy atom. The fourth-order valence-corrected chi connectivity index (χ4v) is 3.99. The fourth-order valence-electron chi connectivity index (χ4n) is 3.49. The van der Waals surface area contributed by atoms with Crippen molar-refractivity contribution in [2.24, 2.45) is 0 Å². The van der Waals surface area contributed by atoms with Gasteiger partial charge in [-0.25, -0.2) is 4.98 Å². The largest absolute Gasteiger partial charge is 0.365 e. The van der Waals surface area contributed by atoms with Gasteiger partial charge in [-0.15, -0.1) is 0 Å². The molecule has 0 N–H and O–H groups in total. The van der Waals surface area contributed by atoms with Crippen LogP contribution in [0.2, 0.25) is 0 Å². The molecule has 130 valence electrons. The molecule has 3 heterocycles. The van der Waals surface area contributed by atoms with Gasteiger partial charge in [-0.05, 0) is 45.6 Å². The molecule has 4 rings (SSSR count). The Kier molecular flexibility index (Phi) is 4.72. The molecular formula is C19H20BrN3O2. The third-order valence-electron chi connectivity index (χ3n) is 4.82. The van der Waals surface area contributed by atoms with Crippen LogP contribution >= 0.6 is 15.9 Å². The van der Waals surface area contributed by atoms with Gasteiger partial charge in [-0.2, -0.15) is 0 Å². The minimum Gasteiger partial charge on any atom is -0.365 e. The second kappa shape index (κ2) is 7.14. The lowest BCUT2D eigenvalue weighted by Gasteiger charge is -2.37. The molecule has 2 aliphatic rings. The van der Waals surface area contributed by atoms with Gasteiger partial charge in [0.05, 0.1) is 17.6 Å². The molecule has 2 aromatic rings. The van der Waals surface area contributed by atoms with Crippen molar-refractivity contribution in [2.75, 3.05) is 31.1 Å². The van der Waals surface area contributed by atoms with E-state index in [4.69, 9.17) is 4.74 Å². The SMILES string of the molecule is O=C(C1CN(c2ncccc2Br)CCO1)N1CCc2ccccc2C1. The number of hydrogen-bond donors (Lipinski definition) is 0. The quantitative estimate of drug-likeness (QED) is 0.775. The first-order valence-electron chi connectivity index (χ1n) is 8.55. The predicted molar refractivity (Wildman–Crippen MR) is 99.5 cm³/mol. The number of aromatic nitrogens is 1. The van der Waals surface area contributed by atoms with Crippen LogP contribution in [-0.4, -0.2) is 48.1 Å². The number of rotatable bonds is 2. The molecule has 1 fully saturated rings. The zero-order valence-corrected chi connectivity index (χ0v) is 15.5. The van der Waals surface area contributed by atoms with Crippen molar-refractivity contribution < 1.29 is 9.53 Å². The number of carbonyl (C=O) groups is 1. The van der Waals surface area contributed by atoms with Gasteiger partial charge in [0.1, 0.15) is 5.82 Å². The topological polar surface area (TPSA) is 45.7 Å². The van der Waals surface area contributed by atoms with Gasteiger partial charge in [-0.1, -0.05) is 24.3 Å². The fraction of sp³-hybridized carbons (Fsp3) is 0.368. The molecular weight excluding hydrogens is 382 g/mol. The van der Waals surface area contributed by atoms with E-state index in [0.29, 0.717) is 19.7 Å². The predicted octanol–water partition coefficient (Wildman–Crippen LogP) is 2.63. The number of ether oxygens (including phenoxy) is 1. The summed E-state index contributed by atoms with van der Waals surface area (Å²) >= 11 is 3.54. The van der Waals surface area contributed by atoms with Crippen LogP contribution < -0.4 is 4.90 Å². The van der Waals surface area contributed by atoms with Crippen molar-refractivity contribution in [3.63, 3.8) is 0 Å². The number of benzene rings is 1. The van der Waals surface area contributed by atoms with Crippen molar-refractivity contribution in [1.29, 1.82) is 0 Å². The van der Waals surface area contributed by atoms with Crippen molar-refractivity contribution >= 4 is 27.7 Å². The average Bonchev–Trinajstić information content (AvgIpc) is 2.67. The molecule has 2 aliphatic heterocycles. The van der Waals surface area contributed by atoms with Crippen LogP contribution in [0.25, 0.3) is 0 Å². The summed E-state index contributed by atoms with van der Waals surface area (Å²) in [6.07, 6.45) is 2.24. The number of fused-ring (bicyclic) bond motifs is 1. The van der Waals surface area contributed by atoms with E-state index in [9.17, 15) is 4.79 Å². The Bertz CT molecular complexity index is 783. The summed E-state index contributed by atoms with van der Waals surface area (Å²) in [5.41, 5.74) is 2.58. The molecule has 1 saturated heterocycles. The summed E-state index contributed by atoms with van der Waals surface area (Å²) in [5, 5.41) is 0. The second-order valence-corrected chi connectivity index (χ2v) is 7.25. The average molecular weight is 402 g/mol. The summed E-state index contributed by atoms with van der Waals surface area (Å²) < 4.78 is 6.74. The third-order valence-corrected chi connectivity index (χ3v) is 5.44. The molecule has 0 aliphatic carbocycles. The summed E-state index contributed by atoms with van der Waals surface area (Å²) in [5.74, 6) is 0.943. The molecule has 6 heteroatoms. The van der Waals surface area contributed by atoms with Crippen LogP contribution in [-0.2, 0) is 22.5 Å². The van der Waals surface area contributed by atoms with Crippen LogP contribution in [0, 0.1) is 0 Å². The van der Waals surface area contributed by atoms with Gasteiger partial charge in [0.15, 0.2) is 6.10 Å². The molecule has 25 heavy (non-hydrogen) atoms. The maximum Gasteiger partial charge on any atom is 0.253 e. The van der Waals surface area contributed by atoms with Crippen LogP contribution in [0.15, 0.2) is 47.1 Å². The molecule has 1 aromatic heterocycles. The number of carbonyl (C=O) groups excluding carboxylic acids is 1. The van der Waals surface area contributed by atoms with Crippen molar-refractivity contribution in [3.8, 4) is 0 Å². The minimum atomic E-state index is -0.437. The normalized spacial score (nSPS) is 20.3. The number of anilines is 1. The Labute approximate surface area is 155 Å². The number of halogens is 1. The van der Waals surface area contributed by atoms with Crippen LogP contribution in [0.5, 0.6) is 0 Å². The van der Waals surface area contributed by atoms with Gasteiger partial charge >= 0.3 is 0 Å². The van der Waals surface area contributed by atoms with Crippen LogP contribution in [0.4, 0.5) is 5.82 Å². The zero-order chi connectivity index (χ0) is 17.2.